The second kappa shape index (κ2) is 4.21. The molecule has 6 heteroatoms. The smallest absolute Gasteiger partial charge is 0.329 e. The summed E-state index contributed by atoms with van der Waals surface area (Å²) in [6.07, 6.45) is -2.07. The Labute approximate surface area is 110 Å². The van der Waals surface area contributed by atoms with Crippen LogP contribution in [0.1, 0.15) is 52.3 Å². The molecule has 0 unspecified atom stereocenters. The molecule has 3 nitrogen and oxygen atoms in total. The summed E-state index contributed by atoms with van der Waals surface area (Å²) in [5.41, 5.74) is 0.223. The van der Waals surface area contributed by atoms with Gasteiger partial charge < -0.3 is 4.52 Å². The molecule has 0 radical (unpaired) electrons. The van der Waals surface area contributed by atoms with Crippen LogP contribution in [0.2, 0.25) is 0 Å². The molecule has 1 saturated carbocycles. The van der Waals surface area contributed by atoms with Crippen molar-refractivity contribution in [2.45, 2.75) is 53.1 Å². The lowest BCUT2D eigenvalue weighted by atomic mass is 9.66. The van der Waals surface area contributed by atoms with Gasteiger partial charge in [-0.15, -0.1) is 0 Å². The van der Waals surface area contributed by atoms with Crippen LogP contribution in [-0.2, 0) is 12.6 Å². The molecule has 0 saturated heterocycles. The highest BCUT2D eigenvalue weighted by atomic mass is 19.4. The van der Waals surface area contributed by atoms with Gasteiger partial charge in [-0.05, 0) is 29.6 Å². The minimum Gasteiger partial charge on any atom is -0.329 e. The number of nitrogens with zero attached hydrogens (tertiary/aromatic N) is 2. The second-order valence-electron chi connectivity index (χ2n) is 6.56. The number of rotatable bonds is 2. The molecule has 1 aliphatic carbocycles. The summed E-state index contributed by atoms with van der Waals surface area (Å²) in [6, 6.07) is 0. The van der Waals surface area contributed by atoms with Crippen LogP contribution in [0.3, 0.4) is 0 Å². The van der Waals surface area contributed by atoms with E-state index in [1.165, 1.54) is 0 Å². The van der Waals surface area contributed by atoms with Gasteiger partial charge in [0.2, 0.25) is 0 Å². The molecule has 0 spiro atoms. The van der Waals surface area contributed by atoms with E-state index in [9.17, 15) is 13.2 Å². The molecule has 0 N–H and O–H groups in total. The lowest BCUT2D eigenvalue weighted by Gasteiger charge is -2.39. The molecule has 19 heavy (non-hydrogen) atoms. The predicted octanol–water partition coefficient (Wildman–Crippen LogP) is 4.09. The van der Waals surface area contributed by atoms with Crippen molar-refractivity contribution in [2.75, 3.05) is 0 Å². The first-order valence-electron chi connectivity index (χ1n) is 6.44. The summed E-state index contributed by atoms with van der Waals surface area (Å²) in [4.78, 5) is 3.46. The van der Waals surface area contributed by atoms with Gasteiger partial charge in [0.1, 0.15) is 0 Å². The third-order valence-corrected chi connectivity index (χ3v) is 5.02. The molecule has 1 aromatic rings. The Kier molecular flexibility index (Phi) is 3.18. The van der Waals surface area contributed by atoms with Crippen LogP contribution in [0.15, 0.2) is 4.52 Å². The molecular formula is C13H19F3N2O. The highest BCUT2D eigenvalue weighted by molar-refractivity contribution is 5.02. The van der Waals surface area contributed by atoms with Gasteiger partial charge in [0.15, 0.2) is 5.82 Å². The van der Waals surface area contributed by atoms with Crippen LogP contribution in [-0.4, -0.2) is 10.1 Å². The van der Waals surface area contributed by atoms with Crippen molar-refractivity contribution in [2.24, 2.45) is 16.7 Å². The second-order valence-corrected chi connectivity index (χ2v) is 6.56. The van der Waals surface area contributed by atoms with E-state index in [1.54, 1.807) is 0 Å². The molecule has 1 fully saturated rings. The van der Waals surface area contributed by atoms with Crippen molar-refractivity contribution in [1.82, 2.24) is 10.1 Å². The van der Waals surface area contributed by atoms with E-state index < -0.39 is 12.1 Å². The van der Waals surface area contributed by atoms with Gasteiger partial charge in [0.05, 0.1) is 0 Å². The summed E-state index contributed by atoms with van der Waals surface area (Å²) in [6.45, 7) is 8.72. The summed E-state index contributed by atoms with van der Waals surface area (Å²) < 4.78 is 41.5. The van der Waals surface area contributed by atoms with Crippen molar-refractivity contribution in [1.29, 1.82) is 0 Å². The maximum absolute atomic E-state index is 12.4. The fourth-order valence-corrected chi connectivity index (χ4v) is 2.80. The van der Waals surface area contributed by atoms with Gasteiger partial charge >= 0.3 is 12.1 Å². The van der Waals surface area contributed by atoms with Crippen molar-refractivity contribution < 1.29 is 17.7 Å². The zero-order chi connectivity index (χ0) is 14.5. The van der Waals surface area contributed by atoms with Crippen LogP contribution in [0.5, 0.6) is 0 Å². The first-order valence-corrected chi connectivity index (χ1v) is 6.44. The zero-order valence-electron chi connectivity index (χ0n) is 11.6. The Bertz CT molecular complexity index is 463. The van der Waals surface area contributed by atoms with E-state index in [-0.39, 0.29) is 22.6 Å². The van der Waals surface area contributed by atoms with Crippen LogP contribution in [0.4, 0.5) is 13.2 Å². The minimum absolute atomic E-state index is 0.0476. The van der Waals surface area contributed by atoms with Crippen molar-refractivity contribution in [3.05, 3.63) is 11.7 Å². The fourth-order valence-electron chi connectivity index (χ4n) is 2.80. The fraction of sp³-hybridized carbons (Fsp3) is 0.846. The van der Waals surface area contributed by atoms with Crippen molar-refractivity contribution >= 4 is 0 Å². The molecule has 1 atom stereocenters. The topological polar surface area (TPSA) is 38.9 Å². The Morgan fingerprint density at radius 3 is 2.32 bits per heavy atom. The van der Waals surface area contributed by atoms with E-state index >= 15 is 0 Å². The highest BCUT2D eigenvalue weighted by Gasteiger charge is 2.48. The molecular weight excluding hydrogens is 257 g/mol. The average molecular weight is 276 g/mol. The maximum atomic E-state index is 12.4. The number of aromatic nitrogens is 2. The lowest BCUT2D eigenvalue weighted by Crippen LogP contribution is -2.32. The van der Waals surface area contributed by atoms with Gasteiger partial charge in [-0.2, -0.15) is 18.2 Å². The van der Waals surface area contributed by atoms with E-state index in [4.69, 9.17) is 0 Å². The lowest BCUT2D eigenvalue weighted by molar-refractivity contribution is -0.159. The standard InChI is InChI=1S/C13H19F3N2O/c1-11(2)6-5-8(12(11,3)4)7-9-17-10(19-18-9)13(14,15)16/h8H,5-7H2,1-4H3/t8-/m0/s1. The van der Waals surface area contributed by atoms with E-state index in [0.717, 1.165) is 12.8 Å². The van der Waals surface area contributed by atoms with Gasteiger partial charge in [0.25, 0.3) is 0 Å². The van der Waals surface area contributed by atoms with Crippen molar-refractivity contribution in [3.8, 4) is 0 Å². The third-order valence-electron chi connectivity index (χ3n) is 5.02. The molecule has 0 aliphatic heterocycles. The molecule has 1 aromatic heterocycles. The van der Waals surface area contributed by atoms with Gasteiger partial charge in [0, 0.05) is 6.42 Å². The number of alkyl halides is 3. The highest BCUT2D eigenvalue weighted by Crippen LogP contribution is 2.56. The monoisotopic (exact) mass is 276 g/mol. The molecule has 108 valence electrons. The van der Waals surface area contributed by atoms with Crippen LogP contribution >= 0.6 is 0 Å². The predicted molar refractivity (Wildman–Crippen MR) is 63.3 cm³/mol. The van der Waals surface area contributed by atoms with E-state index in [2.05, 4.69) is 42.4 Å². The first-order chi connectivity index (χ1) is 8.54. The van der Waals surface area contributed by atoms with E-state index in [1.807, 2.05) is 0 Å². The first kappa shape index (κ1) is 14.3. The summed E-state index contributed by atoms with van der Waals surface area (Å²) >= 11 is 0. The van der Waals surface area contributed by atoms with Crippen LogP contribution < -0.4 is 0 Å². The van der Waals surface area contributed by atoms with Crippen LogP contribution in [0.25, 0.3) is 0 Å². The van der Waals surface area contributed by atoms with E-state index in [0.29, 0.717) is 6.42 Å². The molecule has 0 amide bonds. The summed E-state index contributed by atoms with van der Waals surface area (Å²) in [5, 5.41) is 3.45. The number of hydrogen-bond donors (Lipinski definition) is 0. The van der Waals surface area contributed by atoms with Gasteiger partial charge in [-0.25, -0.2) is 0 Å². The van der Waals surface area contributed by atoms with Crippen molar-refractivity contribution in [3.63, 3.8) is 0 Å². The summed E-state index contributed by atoms with van der Waals surface area (Å²) in [7, 11) is 0. The Morgan fingerprint density at radius 1 is 1.26 bits per heavy atom. The molecule has 0 aromatic carbocycles. The Hall–Kier alpha value is -1.07. The maximum Gasteiger partial charge on any atom is 0.471 e. The van der Waals surface area contributed by atoms with Gasteiger partial charge in [-0.1, -0.05) is 32.9 Å². The normalized spacial score (nSPS) is 25.7. The number of hydrogen-bond acceptors (Lipinski definition) is 3. The molecule has 1 heterocycles. The Morgan fingerprint density at radius 2 is 1.89 bits per heavy atom. The minimum atomic E-state index is -4.56. The SMILES string of the molecule is CC1(C)CC[C@@H](Cc2noc(C(F)(F)F)n2)C1(C)C. The summed E-state index contributed by atoms with van der Waals surface area (Å²) in [5.74, 6) is -0.818. The quantitative estimate of drug-likeness (QED) is 0.816. The third kappa shape index (κ3) is 2.49. The average Bonchev–Trinajstić information content (AvgIpc) is 2.77. The Balaban J connectivity index is 2.13. The number of halogens is 3. The van der Waals surface area contributed by atoms with Gasteiger partial charge in [-0.3, -0.25) is 0 Å². The molecule has 0 bridgehead atoms. The molecule has 2 rings (SSSR count). The largest absolute Gasteiger partial charge is 0.471 e. The van der Waals surface area contributed by atoms with Crippen LogP contribution in [0, 0.1) is 16.7 Å². The zero-order valence-corrected chi connectivity index (χ0v) is 11.6. The molecule has 1 aliphatic rings.